The molecule has 1 N–H and O–H groups in total. The Morgan fingerprint density at radius 1 is 1.53 bits per heavy atom. The first kappa shape index (κ1) is 14.9. The number of benzene rings is 1. The van der Waals surface area contributed by atoms with E-state index in [1.807, 2.05) is 0 Å². The first-order valence-corrected chi connectivity index (χ1v) is 6.34. The average Bonchev–Trinajstić information content (AvgIpc) is 2.24. The van der Waals surface area contributed by atoms with Crippen LogP contribution in [0.5, 0.6) is 0 Å². The van der Waals surface area contributed by atoms with Crippen molar-refractivity contribution in [1.82, 2.24) is 10.2 Å². The third kappa shape index (κ3) is 4.21. The van der Waals surface area contributed by atoms with Gasteiger partial charge in [-0.15, -0.1) is 12.4 Å². The van der Waals surface area contributed by atoms with Crippen molar-refractivity contribution in [2.24, 2.45) is 0 Å². The van der Waals surface area contributed by atoms with E-state index in [9.17, 15) is 4.39 Å². The Morgan fingerprint density at radius 3 is 3.00 bits per heavy atom. The molecule has 0 aromatic heterocycles. The van der Waals surface area contributed by atoms with Gasteiger partial charge in [-0.3, -0.25) is 4.90 Å². The average molecular weight is 324 g/mol. The van der Waals surface area contributed by atoms with Crippen molar-refractivity contribution in [2.45, 2.75) is 19.5 Å². The van der Waals surface area contributed by atoms with Crippen molar-refractivity contribution in [1.29, 1.82) is 0 Å². The van der Waals surface area contributed by atoms with Gasteiger partial charge in [0, 0.05) is 36.7 Å². The van der Waals surface area contributed by atoms with E-state index >= 15 is 0 Å². The minimum absolute atomic E-state index is 0. The fourth-order valence-electron chi connectivity index (χ4n) is 2.06. The molecule has 1 saturated heterocycles. The zero-order valence-electron chi connectivity index (χ0n) is 9.75. The number of nitrogens with zero attached hydrogens (tertiary/aromatic N) is 1. The molecule has 0 spiro atoms. The van der Waals surface area contributed by atoms with Crippen molar-refractivity contribution in [2.75, 3.05) is 19.6 Å². The molecule has 1 atom stereocenters. The van der Waals surface area contributed by atoms with Crippen LogP contribution in [0.3, 0.4) is 0 Å². The highest BCUT2D eigenvalue weighted by Gasteiger charge is 2.16. The van der Waals surface area contributed by atoms with Crippen molar-refractivity contribution >= 4 is 28.3 Å². The maximum Gasteiger partial charge on any atom is 0.123 e. The number of hydrogen-bond donors (Lipinski definition) is 1. The van der Waals surface area contributed by atoms with Gasteiger partial charge < -0.3 is 5.32 Å². The zero-order valence-corrected chi connectivity index (χ0v) is 12.2. The van der Waals surface area contributed by atoms with Crippen LogP contribution in [0.2, 0.25) is 0 Å². The molecule has 0 amide bonds. The van der Waals surface area contributed by atoms with Crippen molar-refractivity contribution in [3.8, 4) is 0 Å². The SMILES string of the molecule is CC1CN(Cc2cc(F)ccc2Br)CCN1.Cl. The summed E-state index contributed by atoms with van der Waals surface area (Å²) in [4.78, 5) is 2.35. The van der Waals surface area contributed by atoms with Gasteiger partial charge in [0.05, 0.1) is 0 Å². The highest BCUT2D eigenvalue weighted by molar-refractivity contribution is 9.10. The molecule has 1 aliphatic heterocycles. The molecular formula is C12H17BrClFN2. The lowest BCUT2D eigenvalue weighted by Crippen LogP contribution is -2.48. The van der Waals surface area contributed by atoms with E-state index in [1.54, 1.807) is 12.1 Å². The van der Waals surface area contributed by atoms with Gasteiger partial charge in [0.1, 0.15) is 5.82 Å². The minimum atomic E-state index is -0.165. The molecule has 1 unspecified atom stereocenters. The van der Waals surface area contributed by atoms with E-state index in [0.717, 1.165) is 36.2 Å². The van der Waals surface area contributed by atoms with E-state index < -0.39 is 0 Å². The van der Waals surface area contributed by atoms with Crippen LogP contribution in [0.4, 0.5) is 4.39 Å². The lowest BCUT2D eigenvalue weighted by atomic mass is 10.1. The Kier molecular flexibility index (Phi) is 5.86. The van der Waals surface area contributed by atoms with E-state index in [2.05, 4.69) is 33.1 Å². The number of nitrogens with one attached hydrogen (secondary N) is 1. The highest BCUT2D eigenvalue weighted by atomic mass is 79.9. The Balaban J connectivity index is 0.00000144. The molecule has 2 nitrogen and oxygen atoms in total. The second kappa shape index (κ2) is 6.69. The lowest BCUT2D eigenvalue weighted by Gasteiger charge is -2.32. The van der Waals surface area contributed by atoms with Crippen molar-refractivity contribution < 1.29 is 4.39 Å². The normalized spacial score (nSPS) is 21.0. The van der Waals surface area contributed by atoms with Gasteiger partial charge in [-0.05, 0) is 30.7 Å². The summed E-state index contributed by atoms with van der Waals surface area (Å²) in [6, 6.07) is 5.38. The molecule has 5 heteroatoms. The summed E-state index contributed by atoms with van der Waals surface area (Å²) in [5.74, 6) is -0.165. The first-order valence-electron chi connectivity index (χ1n) is 5.55. The number of piperazine rings is 1. The van der Waals surface area contributed by atoms with Gasteiger partial charge in [-0.1, -0.05) is 15.9 Å². The monoisotopic (exact) mass is 322 g/mol. The molecule has 1 aromatic carbocycles. The van der Waals surface area contributed by atoms with Crippen LogP contribution in [0.1, 0.15) is 12.5 Å². The Labute approximate surface area is 116 Å². The van der Waals surface area contributed by atoms with Gasteiger partial charge in [-0.25, -0.2) is 4.39 Å². The van der Waals surface area contributed by atoms with Crippen LogP contribution in [-0.4, -0.2) is 30.6 Å². The highest BCUT2D eigenvalue weighted by Crippen LogP contribution is 2.20. The molecule has 1 heterocycles. The molecule has 1 aliphatic rings. The summed E-state index contributed by atoms with van der Waals surface area (Å²) in [6.07, 6.45) is 0. The summed E-state index contributed by atoms with van der Waals surface area (Å²) in [6.45, 7) is 6.03. The van der Waals surface area contributed by atoms with Gasteiger partial charge >= 0.3 is 0 Å². The van der Waals surface area contributed by atoms with Crippen LogP contribution in [0.15, 0.2) is 22.7 Å². The largest absolute Gasteiger partial charge is 0.312 e. The van der Waals surface area contributed by atoms with Crippen LogP contribution in [0, 0.1) is 5.82 Å². The summed E-state index contributed by atoms with van der Waals surface area (Å²) in [5.41, 5.74) is 1.02. The van der Waals surface area contributed by atoms with E-state index in [4.69, 9.17) is 0 Å². The molecule has 0 aliphatic carbocycles. The van der Waals surface area contributed by atoms with Gasteiger partial charge in [0.25, 0.3) is 0 Å². The molecule has 1 aromatic rings. The Hall–Kier alpha value is -0.160. The third-order valence-corrected chi connectivity index (χ3v) is 3.63. The smallest absolute Gasteiger partial charge is 0.123 e. The number of hydrogen-bond acceptors (Lipinski definition) is 2. The first-order chi connectivity index (χ1) is 7.65. The van der Waals surface area contributed by atoms with Gasteiger partial charge in [0.2, 0.25) is 0 Å². The van der Waals surface area contributed by atoms with E-state index in [1.165, 1.54) is 6.07 Å². The topological polar surface area (TPSA) is 15.3 Å². The molecule has 0 bridgehead atoms. The second-order valence-electron chi connectivity index (χ2n) is 4.33. The summed E-state index contributed by atoms with van der Waals surface area (Å²) >= 11 is 3.46. The lowest BCUT2D eigenvalue weighted by molar-refractivity contribution is 0.199. The molecule has 17 heavy (non-hydrogen) atoms. The Morgan fingerprint density at radius 2 is 2.29 bits per heavy atom. The predicted molar refractivity (Wildman–Crippen MR) is 74.1 cm³/mol. The maximum atomic E-state index is 13.1. The molecule has 2 rings (SSSR count). The molecule has 0 saturated carbocycles. The molecule has 96 valence electrons. The number of rotatable bonds is 2. The molecular weight excluding hydrogens is 307 g/mol. The summed E-state index contributed by atoms with van der Waals surface area (Å²) < 4.78 is 14.1. The third-order valence-electron chi connectivity index (χ3n) is 2.85. The predicted octanol–water partition coefficient (Wildman–Crippen LogP) is 2.80. The minimum Gasteiger partial charge on any atom is -0.312 e. The molecule has 0 radical (unpaired) electrons. The fourth-order valence-corrected chi connectivity index (χ4v) is 2.43. The van der Waals surface area contributed by atoms with E-state index in [0.29, 0.717) is 6.04 Å². The zero-order chi connectivity index (χ0) is 11.5. The van der Waals surface area contributed by atoms with Gasteiger partial charge in [-0.2, -0.15) is 0 Å². The quantitative estimate of drug-likeness (QED) is 0.900. The number of halogens is 3. The van der Waals surface area contributed by atoms with Crippen LogP contribution < -0.4 is 5.32 Å². The molecule has 1 fully saturated rings. The van der Waals surface area contributed by atoms with E-state index in [-0.39, 0.29) is 18.2 Å². The summed E-state index contributed by atoms with van der Waals surface area (Å²) in [5, 5.41) is 3.40. The second-order valence-corrected chi connectivity index (χ2v) is 5.18. The van der Waals surface area contributed by atoms with Gasteiger partial charge in [0.15, 0.2) is 0 Å². The fraction of sp³-hybridized carbons (Fsp3) is 0.500. The maximum absolute atomic E-state index is 13.1. The summed E-state index contributed by atoms with van der Waals surface area (Å²) in [7, 11) is 0. The van der Waals surface area contributed by atoms with Crippen LogP contribution in [-0.2, 0) is 6.54 Å². The van der Waals surface area contributed by atoms with Crippen molar-refractivity contribution in [3.63, 3.8) is 0 Å². The standard InChI is InChI=1S/C12H16BrFN2.ClH/c1-9-7-16(5-4-15-9)8-10-6-11(14)2-3-12(10)13;/h2-3,6,9,15H,4-5,7-8H2,1H3;1H. The van der Waals surface area contributed by atoms with Crippen LogP contribution >= 0.6 is 28.3 Å². The van der Waals surface area contributed by atoms with Crippen molar-refractivity contribution in [3.05, 3.63) is 34.1 Å². The van der Waals surface area contributed by atoms with Crippen LogP contribution in [0.25, 0.3) is 0 Å². The Bertz CT molecular complexity index is 376.